The molecule has 0 fully saturated rings. The van der Waals surface area contributed by atoms with Crippen molar-refractivity contribution in [1.82, 2.24) is 5.01 Å². The zero-order chi connectivity index (χ0) is 12.1. The molecule has 88 valence electrons. The number of hydrazine groups is 1. The highest BCUT2D eigenvalue weighted by Crippen LogP contribution is 2.14. The molecule has 0 aliphatic heterocycles. The van der Waals surface area contributed by atoms with Crippen molar-refractivity contribution in [2.75, 3.05) is 19.1 Å². The third-order valence-electron chi connectivity index (χ3n) is 2.90. The van der Waals surface area contributed by atoms with Crippen LogP contribution in [0, 0.1) is 0 Å². The summed E-state index contributed by atoms with van der Waals surface area (Å²) < 4.78 is 0. The highest BCUT2D eigenvalue weighted by molar-refractivity contribution is 5.43. The predicted molar refractivity (Wildman–Crippen MR) is 72.8 cm³/mol. The molecule has 0 unspecified atom stereocenters. The van der Waals surface area contributed by atoms with Crippen molar-refractivity contribution in [1.29, 1.82) is 0 Å². The first-order valence-electron chi connectivity index (χ1n) is 5.81. The lowest BCUT2D eigenvalue weighted by molar-refractivity contribution is 0.316. The van der Waals surface area contributed by atoms with Crippen LogP contribution in [0.2, 0.25) is 0 Å². The molecule has 0 N–H and O–H groups in total. The normalized spacial score (nSPS) is 10.5. The van der Waals surface area contributed by atoms with Crippen molar-refractivity contribution >= 4 is 5.69 Å². The van der Waals surface area contributed by atoms with Gasteiger partial charge in [-0.3, -0.25) is 0 Å². The molecule has 0 radical (unpaired) electrons. The van der Waals surface area contributed by atoms with Crippen LogP contribution in [0.25, 0.3) is 0 Å². The molecule has 0 bridgehead atoms. The van der Waals surface area contributed by atoms with Crippen molar-refractivity contribution in [3.8, 4) is 0 Å². The SMILES string of the molecule is CN(Cc1ccccc1)N(C)c1ccccc1. The van der Waals surface area contributed by atoms with Crippen molar-refractivity contribution in [3.63, 3.8) is 0 Å². The van der Waals surface area contributed by atoms with E-state index in [-0.39, 0.29) is 0 Å². The van der Waals surface area contributed by atoms with Gasteiger partial charge in [0.2, 0.25) is 0 Å². The summed E-state index contributed by atoms with van der Waals surface area (Å²) in [4.78, 5) is 0. The monoisotopic (exact) mass is 226 g/mol. The molecule has 2 rings (SSSR count). The van der Waals surface area contributed by atoms with Crippen LogP contribution in [0.5, 0.6) is 0 Å². The molecule has 0 aliphatic carbocycles. The third kappa shape index (κ3) is 3.08. The second kappa shape index (κ2) is 5.51. The maximum atomic E-state index is 2.20. The molecule has 0 saturated heterocycles. The van der Waals surface area contributed by atoms with Crippen molar-refractivity contribution in [3.05, 3.63) is 66.2 Å². The lowest BCUT2D eigenvalue weighted by Gasteiger charge is -2.30. The fourth-order valence-electron chi connectivity index (χ4n) is 1.79. The Bertz CT molecular complexity index is 439. The Balaban J connectivity index is 2.03. The fraction of sp³-hybridized carbons (Fsp3) is 0.200. The van der Waals surface area contributed by atoms with Gasteiger partial charge < -0.3 is 5.01 Å². The van der Waals surface area contributed by atoms with Gasteiger partial charge in [-0.05, 0) is 17.7 Å². The predicted octanol–water partition coefficient (Wildman–Crippen LogP) is 3.17. The molecule has 2 aromatic rings. The second-order valence-corrected chi connectivity index (χ2v) is 4.16. The minimum atomic E-state index is 0.909. The maximum Gasteiger partial charge on any atom is 0.0518 e. The lowest BCUT2D eigenvalue weighted by atomic mass is 10.2. The average Bonchev–Trinajstić information content (AvgIpc) is 2.40. The van der Waals surface area contributed by atoms with Crippen LogP contribution in [-0.2, 0) is 6.54 Å². The number of rotatable bonds is 4. The quantitative estimate of drug-likeness (QED) is 0.739. The van der Waals surface area contributed by atoms with Crippen LogP contribution in [0.4, 0.5) is 5.69 Å². The summed E-state index contributed by atoms with van der Waals surface area (Å²) in [5, 5.41) is 4.36. The van der Waals surface area contributed by atoms with Crippen LogP contribution in [0.3, 0.4) is 0 Å². The summed E-state index contributed by atoms with van der Waals surface area (Å²) in [7, 11) is 4.18. The summed E-state index contributed by atoms with van der Waals surface area (Å²) in [6.07, 6.45) is 0. The Labute approximate surface area is 103 Å². The van der Waals surface area contributed by atoms with Gasteiger partial charge in [0.1, 0.15) is 0 Å². The standard InChI is InChI=1S/C15H18N2/c1-16(13-14-9-5-3-6-10-14)17(2)15-11-7-4-8-12-15/h3-12H,13H2,1-2H3. The van der Waals surface area contributed by atoms with Crippen molar-refractivity contribution < 1.29 is 0 Å². The lowest BCUT2D eigenvalue weighted by Crippen LogP contribution is -2.35. The molecule has 2 nitrogen and oxygen atoms in total. The summed E-state index contributed by atoms with van der Waals surface area (Å²) in [6, 6.07) is 20.9. The zero-order valence-corrected chi connectivity index (χ0v) is 10.4. The molecule has 0 spiro atoms. The van der Waals surface area contributed by atoms with E-state index in [2.05, 4.69) is 72.6 Å². The minimum Gasteiger partial charge on any atom is -0.309 e. The maximum absolute atomic E-state index is 2.20. The third-order valence-corrected chi connectivity index (χ3v) is 2.90. The molecule has 0 heterocycles. The minimum absolute atomic E-state index is 0.909. The Morgan fingerprint density at radius 3 is 1.88 bits per heavy atom. The Kier molecular flexibility index (Phi) is 3.78. The zero-order valence-electron chi connectivity index (χ0n) is 10.4. The van der Waals surface area contributed by atoms with Crippen LogP contribution in [0.15, 0.2) is 60.7 Å². The Morgan fingerprint density at radius 1 is 0.765 bits per heavy atom. The van der Waals surface area contributed by atoms with Gasteiger partial charge in [-0.1, -0.05) is 48.5 Å². The van der Waals surface area contributed by atoms with Crippen LogP contribution in [0.1, 0.15) is 5.56 Å². The first-order valence-corrected chi connectivity index (χ1v) is 5.81. The smallest absolute Gasteiger partial charge is 0.0518 e. The van der Waals surface area contributed by atoms with E-state index in [1.165, 1.54) is 11.3 Å². The topological polar surface area (TPSA) is 6.48 Å². The number of benzene rings is 2. The van der Waals surface area contributed by atoms with Gasteiger partial charge in [0, 0.05) is 20.6 Å². The van der Waals surface area contributed by atoms with Crippen LogP contribution >= 0.6 is 0 Å². The van der Waals surface area contributed by atoms with E-state index in [0.29, 0.717) is 0 Å². The van der Waals surface area contributed by atoms with E-state index in [1.807, 2.05) is 12.1 Å². The van der Waals surface area contributed by atoms with E-state index < -0.39 is 0 Å². The molecule has 0 amide bonds. The molecule has 0 saturated carbocycles. The molecule has 2 aromatic carbocycles. The molecular weight excluding hydrogens is 208 g/mol. The van der Waals surface area contributed by atoms with Crippen molar-refractivity contribution in [2.24, 2.45) is 0 Å². The van der Waals surface area contributed by atoms with Crippen LogP contribution in [-0.4, -0.2) is 19.1 Å². The number of hydrogen-bond donors (Lipinski definition) is 0. The van der Waals surface area contributed by atoms with Gasteiger partial charge in [0.05, 0.1) is 5.69 Å². The first kappa shape index (κ1) is 11.7. The highest BCUT2D eigenvalue weighted by Gasteiger charge is 2.06. The number of para-hydroxylation sites is 1. The largest absolute Gasteiger partial charge is 0.309 e. The Hall–Kier alpha value is -1.80. The Morgan fingerprint density at radius 2 is 1.29 bits per heavy atom. The van der Waals surface area contributed by atoms with E-state index >= 15 is 0 Å². The van der Waals surface area contributed by atoms with Gasteiger partial charge in [-0.15, -0.1) is 0 Å². The summed E-state index contributed by atoms with van der Waals surface area (Å²) in [5.41, 5.74) is 2.52. The number of nitrogens with zero attached hydrogens (tertiary/aromatic N) is 2. The van der Waals surface area contributed by atoms with Crippen LogP contribution < -0.4 is 5.01 Å². The van der Waals surface area contributed by atoms with E-state index in [0.717, 1.165) is 6.54 Å². The average molecular weight is 226 g/mol. The highest BCUT2D eigenvalue weighted by atomic mass is 15.6. The van der Waals surface area contributed by atoms with Gasteiger partial charge in [-0.25, -0.2) is 5.01 Å². The van der Waals surface area contributed by atoms with E-state index in [9.17, 15) is 0 Å². The molecular formula is C15H18N2. The van der Waals surface area contributed by atoms with E-state index in [4.69, 9.17) is 0 Å². The first-order chi connectivity index (χ1) is 8.27. The molecule has 0 aliphatic rings. The van der Waals surface area contributed by atoms with Gasteiger partial charge in [0.25, 0.3) is 0 Å². The molecule has 2 heteroatoms. The molecule has 17 heavy (non-hydrogen) atoms. The van der Waals surface area contributed by atoms with Crippen molar-refractivity contribution in [2.45, 2.75) is 6.54 Å². The fourth-order valence-corrected chi connectivity index (χ4v) is 1.79. The number of anilines is 1. The summed E-state index contributed by atoms with van der Waals surface area (Å²) >= 11 is 0. The summed E-state index contributed by atoms with van der Waals surface area (Å²) in [5.74, 6) is 0. The molecule has 0 aromatic heterocycles. The second-order valence-electron chi connectivity index (χ2n) is 4.16. The summed E-state index contributed by atoms with van der Waals surface area (Å²) in [6.45, 7) is 0.909. The van der Waals surface area contributed by atoms with Gasteiger partial charge >= 0.3 is 0 Å². The number of hydrogen-bond acceptors (Lipinski definition) is 2. The molecule has 0 atom stereocenters. The van der Waals surface area contributed by atoms with Gasteiger partial charge in [0.15, 0.2) is 0 Å². The van der Waals surface area contributed by atoms with E-state index in [1.54, 1.807) is 0 Å². The van der Waals surface area contributed by atoms with Gasteiger partial charge in [-0.2, -0.15) is 0 Å².